The van der Waals surface area contributed by atoms with Gasteiger partial charge in [-0.15, -0.1) is 0 Å². The van der Waals surface area contributed by atoms with Gasteiger partial charge >= 0.3 is 0 Å². The Labute approximate surface area is 158 Å². The molecule has 7 nitrogen and oxygen atoms in total. The minimum absolute atomic E-state index is 0.221. The lowest BCUT2D eigenvalue weighted by molar-refractivity contribution is 0.0945. The standard InChI is InChI=1S/C20H22N6O/c1-15-24-18(20(27)23-14-17-5-10-22-11-6-17)13-19(25-15)26(2)12-7-16-3-8-21-9-4-16/h3-6,8-11,13H,7,12,14H2,1-2H3,(H,23,27). The predicted molar refractivity (Wildman–Crippen MR) is 103 cm³/mol. The number of nitrogens with one attached hydrogen (secondary N) is 1. The van der Waals surface area contributed by atoms with Crippen LogP contribution in [0, 0.1) is 6.92 Å². The molecule has 138 valence electrons. The predicted octanol–water partition coefficient (Wildman–Crippen LogP) is 2.18. The maximum atomic E-state index is 12.5. The Morgan fingerprint density at radius 1 is 1.00 bits per heavy atom. The Morgan fingerprint density at radius 3 is 2.30 bits per heavy atom. The third-order valence-corrected chi connectivity index (χ3v) is 4.14. The molecule has 0 atom stereocenters. The number of hydrogen-bond donors (Lipinski definition) is 1. The van der Waals surface area contributed by atoms with Crippen LogP contribution in [0.15, 0.2) is 55.1 Å². The van der Waals surface area contributed by atoms with Gasteiger partial charge in [0.1, 0.15) is 17.3 Å². The highest BCUT2D eigenvalue weighted by molar-refractivity contribution is 5.92. The highest BCUT2D eigenvalue weighted by atomic mass is 16.1. The molecule has 0 aliphatic rings. The van der Waals surface area contributed by atoms with Gasteiger partial charge in [-0.05, 0) is 48.7 Å². The highest BCUT2D eigenvalue weighted by Crippen LogP contribution is 2.12. The quantitative estimate of drug-likeness (QED) is 0.694. The number of pyridine rings is 2. The molecule has 3 aromatic rings. The summed E-state index contributed by atoms with van der Waals surface area (Å²) in [6.07, 6.45) is 7.84. The Bertz CT molecular complexity index is 885. The van der Waals surface area contributed by atoms with Crippen LogP contribution in [0.1, 0.15) is 27.4 Å². The van der Waals surface area contributed by atoms with Gasteiger partial charge in [-0.25, -0.2) is 9.97 Å². The molecular weight excluding hydrogens is 340 g/mol. The van der Waals surface area contributed by atoms with Gasteiger partial charge in [-0.3, -0.25) is 14.8 Å². The summed E-state index contributed by atoms with van der Waals surface area (Å²) in [4.78, 5) is 31.2. The van der Waals surface area contributed by atoms with Crippen molar-refractivity contribution in [2.24, 2.45) is 0 Å². The zero-order chi connectivity index (χ0) is 19.1. The van der Waals surface area contributed by atoms with E-state index in [1.807, 2.05) is 36.2 Å². The first-order valence-corrected chi connectivity index (χ1v) is 8.74. The molecule has 1 amide bonds. The third kappa shape index (κ3) is 5.31. The number of nitrogens with zero attached hydrogens (tertiary/aromatic N) is 5. The normalized spacial score (nSPS) is 10.4. The third-order valence-electron chi connectivity index (χ3n) is 4.14. The average molecular weight is 362 g/mol. The molecule has 0 saturated carbocycles. The molecule has 0 radical (unpaired) electrons. The molecule has 0 saturated heterocycles. The van der Waals surface area contributed by atoms with Crippen molar-refractivity contribution in [2.45, 2.75) is 19.9 Å². The van der Waals surface area contributed by atoms with Crippen LogP contribution in [-0.2, 0) is 13.0 Å². The number of carbonyl (C=O) groups is 1. The van der Waals surface area contributed by atoms with Crippen molar-refractivity contribution in [1.82, 2.24) is 25.3 Å². The van der Waals surface area contributed by atoms with Gasteiger partial charge in [0.2, 0.25) is 0 Å². The fourth-order valence-electron chi connectivity index (χ4n) is 2.60. The maximum Gasteiger partial charge on any atom is 0.270 e. The molecule has 3 rings (SSSR count). The van der Waals surface area contributed by atoms with E-state index in [9.17, 15) is 4.79 Å². The zero-order valence-corrected chi connectivity index (χ0v) is 15.5. The van der Waals surface area contributed by atoms with E-state index < -0.39 is 0 Å². The van der Waals surface area contributed by atoms with Crippen LogP contribution in [-0.4, -0.2) is 39.4 Å². The number of amides is 1. The summed E-state index contributed by atoms with van der Waals surface area (Å²) < 4.78 is 0. The van der Waals surface area contributed by atoms with Crippen LogP contribution in [0.2, 0.25) is 0 Å². The largest absolute Gasteiger partial charge is 0.359 e. The number of hydrogen-bond acceptors (Lipinski definition) is 6. The van der Waals surface area contributed by atoms with Gasteiger partial charge in [-0.1, -0.05) is 0 Å². The fourth-order valence-corrected chi connectivity index (χ4v) is 2.60. The van der Waals surface area contributed by atoms with Crippen molar-refractivity contribution < 1.29 is 4.79 Å². The molecule has 0 unspecified atom stereocenters. The van der Waals surface area contributed by atoms with E-state index in [1.54, 1.807) is 37.8 Å². The molecule has 0 aromatic carbocycles. The lowest BCUT2D eigenvalue weighted by atomic mass is 10.2. The summed E-state index contributed by atoms with van der Waals surface area (Å²) in [5.74, 6) is 1.07. The number of anilines is 1. The Balaban J connectivity index is 1.65. The van der Waals surface area contributed by atoms with Gasteiger partial charge in [0, 0.05) is 51.0 Å². The number of carbonyl (C=O) groups excluding carboxylic acids is 1. The van der Waals surface area contributed by atoms with E-state index in [0.717, 1.165) is 24.3 Å². The summed E-state index contributed by atoms with van der Waals surface area (Å²) in [7, 11) is 1.96. The first kappa shape index (κ1) is 18.4. The van der Waals surface area contributed by atoms with Gasteiger partial charge in [-0.2, -0.15) is 0 Å². The highest BCUT2D eigenvalue weighted by Gasteiger charge is 2.12. The molecule has 7 heteroatoms. The second kappa shape index (κ2) is 8.84. The van der Waals surface area contributed by atoms with Crippen LogP contribution >= 0.6 is 0 Å². The van der Waals surface area contributed by atoms with E-state index in [2.05, 4.69) is 25.3 Å². The molecule has 0 fully saturated rings. The number of likely N-dealkylation sites (N-methyl/N-ethyl adjacent to an activating group) is 1. The summed E-state index contributed by atoms with van der Waals surface area (Å²) in [6, 6.07) is 9.45. The zero-order valence-electron chi connectivity index (χ0n) is 15.5. The molecule has 3 heterocycles. The van der Waals surface area contributed by atoms with Crippen LogP contribution in [0.3, 0.4) is 0 Å². The lowest BCUT2D eigenvalue weighted by Crippen LogP contribution is -2.26. The van der Waals surface area contributed by atoms with Gasteiger partial charge in [0.25, 0.3) is 5.91 Å². The van der Waals surface area contributed by atoms with Crippen molar-refractivity contribution >= 4 is 11.7 Å². The van der Waals surface area contributed by atoms with Crippen LogP contribution in [0.4, 0.5) is 5.82 Å². The maximum absolute atomic E-state index is 12.5. The molecular formula is C20H22N6O. The second-order valence-corrected chi connectivity index (χ2v) is 6.22. The van der Waals surface area contributed by atoms with E-state index in [0.29, 0.717) is 18.1 Å². The van der Waals surface area contributed by atoms with E-state index >= 15 is 0 Å². The Hall–Kier alpha value is -3.35. The molecule has 0 aliphatic heterocycles. The summed E-state index contributed by atoms with van der Waals surface area (Å²) in [5.41, 5.74) is 2.55. The van der Waals surface area contributed by atoms with Crippen molar-refractivity contribution in [3.63, 3.8) is 0 Å². The van der Waals surface area contributed by atoms with Gasteiger partial charge in [0.15, 0.2) is 0 Å². The van der Waals surface area contributed by atoms with Crippen LogP contribution in [0.25, 0.3) is 0 Å². The summed E-state index contributed by atoms with van der Waals surface area (Å²) >= 11 is 0. The Kier molecular flexibility index (Phi) is 6.04. The second-order valence-electron chi connectivity index (χ2n) is 6.22. The van der Waals surface area contributed by atoms with Crippen LogP contribution < -0.4 is 10.2 Å². The number of rotatable bonds is 7. The Morgan fingerprint density at radius 2 is 1.63 bits per heavy atom. The smallest absolute Gasteiger partial charge is 0.270 e. The molecule has 27 heavy (non-hydrogen) atoms. The van der Waals surface area contributed by atoms with E-state index in [-0.39, 0.29) is 5.91 Å². The fraction of sp³-hybridized carbons (Fsp3) is 0.250. The van der Waals surface area contributed by atoms with E-state index in [1.165, 1.54) is 5.56 Å². The monoisotopic (exact) mass is 362 g/mol. The lowest BCUT2D eigenvalue weighted by Gasteiger charge is -2.19. The van der Waals surface area contributed by atoms with Crippen LogP contribution in [0.5, 0.6) is 0 Å². The molecule has 0 spiro atoms. The van der Waals surface area contributed by atoms with Crippen molar-refractivity contribution in [2.75, 3.05) is 18.5 Å². The molecule has 0 aliphatic carbocycles. The van der Waals surface area contributed by atoms with Crippen molar-refractivity contribution in [3.05, 3.63) is 77.8 Å². The van der Waals surface area contributed by atoms with E-state index in [4.69, 9.17) is 0 Å². The summed E-state index contributed by atoms with van der Waals surface area (Å²) in [6.45, 7) is 3.00. The molecule has 3 aromatic heterocycles. The molecule has 1 N–H and O–H groups in total. The summed E-state index contributed by atoms with van der Waals surface area (Å²) in [5, 5.41) is 2.88. The first-order chi connectivity index (χ1) is 13.1. The van der Waals surface area contributed by atoms with Gasteiger partial charge in [0.05, 0.1) is 0 Å². The minimum atomic E-state index is -0.221. The van der Waals surface area contributed by atoms with Crippen molar-refractivity contribution in [3.8, 4) is 0 Å². The van der Waals surface area contributed by atoms with Gasteiger partial charge < -0.3 is 10.2 Å². The SMILES string of the molecule is Cc1nc(C(=O)NCc2ccncc2)cc(N(C)CCc2ccncc2)n1. The number of aryl methyl sites for hydroxylation is 1. The topological polar surface area (TPSA) is 83.9 Å². The average Bonchev–Trinajstić information content (AvgIpc) is 2.71. The van der Waals surface area contributed by atoms with Crippen molar-refractivity contribution in [1.29, 1.82) is 0 Å². The molecule has 0 bridgehead atoms. The first-order valence-electron chi connectivity index (χ1n) is 8.74. The number of aromatic nitrogens is 4. The minimum Gasteiger partial charge on any atom is -0.359 e.